The van der Waals surface area contributed by atoms with E-state index in [9.17, 15) is 4.79 Å². The molecular weight excluding hydrogens is 256 g/mol. The molecular formula is C13H22N6O. The van der Waals surface area contributed by atoms with Crippen LogP contribution in [0, 0.1) is 0 Å². The summed E-state index contributed by atoms with van der Waals surface area (Å²) in [6.07, 6.45) is 1.13. The normalized spacial score (nSPS) is 17.9. The van der Waals surface area contributed by atoms with Crippen LogP contribution in [0.25, 0.3) is 0 Å². The molecule has 7 heteroatoms. The molecule has 3 N–H and O–H groups in total. The Morgan fingerprint density at radius 1 is 1.35 bits per heavy atom. The van der Waals surface area contributed by atoms with E-state index in [1.807, 2.05) is 4.90 Å². The van der Waals surface area contributed by atoms with Crippen molar-refractivity contribution in [1.82, 2.24) is 20.0 Å². The minimum absolute atomic E-state index is 0.0649. The number of carbonyl (C=O) groups excluding carboxylic acids is 1. The minimum atomic E-state index is -0.0649. The molecule has 1 fully saturated rings. The van der Waals surface area contributed by atoms with Crippen LogP contribution in [0.3, 0.4) is 0 Å². The quantitative estimate of drug-likeness (QED) is 0.609. The molecule has 1 atom stereocenters. The zero-order valence-electron chi connectivity index (χ0n) is 12.0. The zero-order chi connectivity index (χ0) is 14.5. The fraction of sp³-hybridized carbons (Fsp3) is 0.615. The Morgan fingerprint density at radius 3 is 2.55 bits per heavy atom. The SMILES string of the molecule is CCC(C)N1CCN(C(=O)c2ccc(NN)nn2)CC1. The lowest BCUT2D eigenvalue weighted by atomic mass is 10.2. The van der Waals surface area contributed by atoms with Crippen LogP contribution in [0.1, 0.15) is 30.8 Å². The Balaban J connectivity index is 1.94. The lowest BCUT2D eigenvalue weighted by molar-refractivity contribution is 0.0573. The number of nitrogen functional groups attached to an aromatic ring is 1. The van der Waals surface area contributed by atoms with E-state index in [1.165, 1.54) is 0 Å². The van der Waals surface area contributed by atoms with E-state index in [2.05, 4.69) is 34.4 Å². The second kappa shape index (κ2) is 6.62. The van der Waals surface area contributed by atoms with Crippen molar-refractivity contribution in [1.29, 1.82) is 0 Å². The Hall–Kier alpha value is -1.73. The molecule has 0 spiro atoms. The first kappa shape index (κ1) is 14.7. The number of rotatable bonds is 4. The van der Waals surface area contributed by atoms with Crippen LogP contribution in [0.15, 0.2) is 12.1 Å². The van der Waals surface area contributed by atoms with E-state index in [0.29, 0.717) is 17.6 Å². The highest BCUT2D eigenvalue weighted by Gasteiger charge is 2.24. The summed E-state index contributed by atoms with van der Waals surface area (Å²) >= 11 is 0. The molecule has 1 aromatic rings. The first-order valence-electron chi connectivity index (χ1n) is 6.99. The maximum atomic E-state index is 12.3. The van der Waals surface area contributed by atoms with Gasteiger partial charge in [0.2, 0.25) is 0 Å². The van der Waals surface area contributed by atoms with Crippen molar-refractivity contribution in [3.63, 3.8) is 0 Å². The highest BCUT2D eigenvalue weighted by atomic mass is 16.2. The molecule has 1 aromatic heterocycles. The molecule has 110 valence electrons. The van der Waals surface area contributed by atoms with Gasteiger partial charge in [-0.2, -0.15) is 0 Å². The monoisotopic (exact) mass is 278 g/mol. The molecule has 20 heavy (non-hydrogen) atoms. The summed E-state index contributed by atoms with van der Waals surface area (Å²) in [7, 11) is 0. The van der Waals surface area contributed by atoms with Gasteiger partial charge in [0.1, 0.15) is 0 Å². The lowest BCUT2D eigenvalue weighted by Gasteiger charge is -2.37. The number of hydrazine groups is 1. The van der Waals surface area contributed by atoms with E-state index in [4.69, 9.17) is 5.84 Å². The van der Waals surface area contributed by atoms with Crippen LogP contribution in [0.2, 0.25) is 0 Å². The van der Waals surface area contributed by atoms with Crippen molar-refractivity contribution in [3.05, 3.63) is 17.8 Å². The molecule has 7 nitrogen and oxygen atoms in total. The fourth-order valence-electron chi connectivity index (χ4n) is 2.31. The number of hydrogen-bond acceptors (Lipinski definition) is 6. The summed E-state index contributed by atoms with van der Waals surface area (Å²) < 4.78 is 0. The third-order valence-corrected chi connectivity index (χ3v) is 3.85. The van der Waals surface area contributed by atoms with Crippen LogP contribution in [-0.2, 0) is 0 Å². The van der Waals surface area contributed by atoms with Crippen molar-refractivity contribution in [2.45, 2.75) is 26.3 Å². The van der Waals surface area contributed by atoms with E-state index >= 15 is 0 Å². The van der Waals surface area contributed by atoms with Gasteiger partial charge in [-0.25, -0.2) is 5.84 Å². The van der Waals surface area contributed by atoms with Crippen LogP contribution in [-0.4, -0.2) is 58.1 Å². The summed E-state index contributed by atoms with van der Waals surface area (Å²) in [5.41, 5.74) is 2.75. The molecule has 1 unspecified atom stereocenters. The Bertz CT molecular complexity index is 441. The number of piperazine rings is 1. The lowest BCUT2D eigenvalue weighted by Crippen LogP contribution is -2.51. The number of anilines is 1. The van der Waals surface area contributed by atoms with Crippen molar-refractivity contribution < 1.29 is 4.79 Å². The smallest absolute Gasteiger partial charge is 0.274 e. The first-order valence-corrected chi connectivity index (χ1v) is 6.99. The van der Waals surface area contributed by atoms with Gasteiger partial charge in [-0.1, -0.05) is 6.92 Å². The minimum Gasteiger partial charge on any atom is -0.335 e. The third kappa shape index (κ3) is 3.23. The highest BCUT2D eigenvalue weighted by molar-refractivity contribution is 5.92. The summed E-state index contributed by atoms with van der Waals surface area (Å²) in [4.78, 5) is 16.5. The standard InChI is InChI=1S/C13H22N6O/c1-3-10(2)18-6-8-19(9-7-18)13(20)11-4-5-12(15-14)17-16-11/h4-5,10H,3,6-9,14H2,1-2H3,(H,15,17). The highest BCUT2D eigenvalue weighted by Crippen LogP contribution is 2.11. The topological polar surface area (TPSA) is 87.4 Å². The summed E-state index contributed by atoms with van der Waals surface area (Å²) in [6.45, 7) is 7.71. The molecule has 2 rings (SSSR count). The number of hydrogen-bond donors (Lipinski definition) is 2. The maximum absolute atomic E-state index is 12.3. The molecule has 2 heterocycles. The van der Waals surface area contributed by atoms with E-state index < -0.39 is 0 Å². The van der Waals surface area contributed by atoms with Crippen molar-refractivity contribution in [3.8, 4) is 0 Å². The summed E-state index contributed by atoms with van der Waals surface area (Å²) in [6, 6.07) is 3.86. The van der Waals surface area contributed by atoms with Gasteiger partial charge in [-0.05, 0) is 25.5 Å². The van der Waals surface area contributed by atoms with Gasteiger partial charge >= 0.3 is 0 Å². The number of nitrogens with two attached hydrogens (primary N) is 1. The number of nitrogens with one attached hydrogen (secondary N) is 1. The number of amides is 1. The Morgan fingerprint density at radius 2 is 2.05 bits per heavy atom. The second-order valence-electron chi connectivity index (χ2n) is 5.03. The fourth-order valence-corrected chi connectivity index (χ4v) is 2.31. The van der Waals surface area contributed by atoms with Gasteiger partial charge in [0.25, 0.3) is 5.91 Å². The van der Waals surface area contributed by atoms with E-state index in [-0.39, 0.29) is 5.91 Å². The average Bonchev–Trinajstić information content (AvgIpc) is 2.53. The van der Waals surface area contributed by atoms with Crippen LogP contribution < -0.4 is 11.3 Å². The number of aromatic nitrogens is 2. The first-order chi connectivity index (χ1) is 9.65. The number of nitrogens with zero attached hydrogens (tertiary/aromatic N) is 4. The largest absolute Gasteiger partial charge is 0.335 e. The third-order valence-electron chi connectivity index (χ3n) is 3.85. The van der Waals surface area contributed by atoms with Crippen LogP contribution >= 0.6 is 0 Å². The van der Waals surface area contributed by atoms with Crippen LogP contribution in [0.5, 0.6) is 0 Å². The number of carbonyl (C=O) groups is 1. The van der Waals surface area contributed by atoms with Crippen molar-refractivity contribution in [2.24, 2.45) is 5.84 Å². The Kier molecular flexibility index (Phi) is 4.86. The molecule has 0 saturated carbocycles. The van der Waals surface area contributed by atoms with Crippen LogP contribution in [0.4, 0.5) is 5.82 Å². The molecule has 0 aromatic carbocycles. The van der Waals surface area contributed by atoms with Crippen molar-refractivity contribution in [2.75, 3.05) is 31.6 Å². The molecule has 1 saturated heterocycles. The predicted molar refractivity (Wildman–Crippen MR) is 77.1 cm³/mol. The van der Waals surface area contributed by atoms with Gasteiger partial charge in [0.15, 0.2) is 11.5 Å². The zero-order valence-corrected chi connectivity index (χ0v) is 12.0. The van der Waals surface area contributed by atoms with Crippen molar-refractivity contribution >= 4 is 11.7 Å². The second-order valence-corrected chi connectivity index (χ2v) is 5.03. The van der Waals surface area contributed by atoms with Gasteiger partial charge in [-0.15, -0.1) is 10.2 Å². The molecule has 0 aliphatic carbocycles. The Labute approximate surface area is 119 Å². The van der Waals surface area contributed by atoms with E-state index in [0.717, 1.165) is 32.6 Å². The van der Waals surface area contributed by atoms with Gasteiger partial charge < -0.3 is 10.3 Å². The van der Waals surface area contributed by atoms with Gasteiger partial charge in [-0.3, -0.25) is 9.69 Å². The summed E-state index contributed by atoms with van der Waals surface area (Å²) in [5, 5.41) is 7.72. The predicted octanol–water partition coefficient (Wildman–Crippen LogP) is 0.319. The van der Waals surface area contributed by atoms with Gasteiger partial charge in [0.05, 0.1) is 0 Å². The summed E-state index contributed by atoms with van der Waals surface area (Å²) in [5.74, 6) is 5.60. The molecule has 1 aliphatic heterocycles. The average molecular weight is 278 g/mol. The molecule has 0 bridgehead atoms. The molecule has 1 amide bonds. The maximum Gasteiger partial charge on any atom is 0.274 e. The van der Waals surface area contributed by atoms with E-state index in [1.54, 1.807) is 12.1 Å². The molecule has 0 radical (unpaired) electrons. The van der Waals surface area contributed by atoms with Gasteiger partial charge in [0, 0.05) is 32.2 Å². The molecule has 1 aliphatic rings.